The molecule has 33 heavy (non-hydrogen) atoms. The Labute approximate surface area is 192 Å². The highest BCUT2D eigenvalue weighted by Gasteiger charge is 2.37. The predicted molar refractivity (Wildman–Crippen MR) is 121 cm³/mol. The summed E-state index contributed by atoms with van der Waals surface area (Å²) in [6, 6.07) is 14.3. The number of hydrogen-bond acceptors (Lipinski definition) is 5. The van der Waals surface area contributed by atoms with Gasteiger partial charge in [0.25, 0.3) is 0 Å². The topological polar surface area (TPSA) is 125 Å². The minimum absolute atomic E-state index is 0.0619. The molecule has 0 saturated heterocycles. The van der Waals surface area contributed by atoms with Gasteiger partial charge in [0.05, 0.1) is 12.0 Å². The summed E-state index contributed by atoms with van der Waals surface area (Å²) in [6.07, 6.45) is -0.00640. The lowest BCUT2D eigenvalue weighted by molar-refractivity contribution is -0.145. The van der Waals surface area contributed by atoms with Crippen LogP contribution in [0, 0.1) is 5.92 Å². The Hall–Kier alpha value is -3.39. The van der Waals surface area contributed by atoms with Crippen LogP contribution in [-0.2, 0) is 14.3 Å². The van der Waals surface area contributed by atoms with Gasteiger partial charge in [-0.15, -0.1) is 0 Å². The molecule has 4 rings (SSSR count). The molecule has 4 atom stereocenters. The number of amides is 2. The lowest BCUT2D eigenvalue weighted by atomic mass is 9.98. The molecule has 0 aromatic heterocycles. The Bertz CT molecular complexity index is 1010. The Kier molecular flexibility index (Phi) is 6.65. The molecule has 2 aromatic rings. The number of carbonyl (C=O) groups excluding carboxylic acids is 2. The Morgan fingerprint density at radius 3 is 2.21 bits per heavy atom. The third-order valence-corrected chi connectivity index (χ3v) is 6.55. The number of aliphatic hydroxyl groups is 1. The van der Waals surface area contributed by atoms with Crippen LogP contribution in [0.5, 0.6) is 0 Å². The van der Waals surface area contributed by atoms with Crippen LogP contribution in [0.15, 0.2) is 48.5 Å². The van der Waals surface area contributed by atoms with Crippen LogP contribution in [-0.4, -0.2) is 53.0 Å². The van der Waals surface area contributed by atoms with Crippen molar-refractivity contribution in [3.8, 4) is 11.1 Å². The van der Waals surface area contributed by atoms with Crippen molar-refractivity contribution in [2.75, 3.05) is 6.61 Å². The Balaban J connectivity index is 1.37. The quantitative estimate of drug-likeness (QED) is 0.512. The Morgan fingerprint density at radius 2 is 1.64 bits per heavy atom. The number of rotatable bonds is 7. The molecule has 0 radical (unpaired) electrons. The van der Waals surface area contributed by atoms with E-state index in [1.54, 1.807) is 0 Å². The smallest absolute Gasteiger partial charge is 0.407 e. The van der Waals surface area contributed by atoms with Gasteiger partial charge in [-0.25, -0.2) is 9.59 Å². The van der Waals surface area contributed by atoms with E-state index in [9.17, 15) is 24.6 Å². The maximum atomic E-state index is 12.6. The molecule has 0 spiro atoms. The summed E-state index contributed by atoms with van der Waals surface area (Å²) < 4.78 is 5.57. The van der Waals surface area contributed by atoms with E-state index < -0.39 is 42.1 Å². The summed E-state index contributed by atoms with van der Waals surface area (Å²) in [4.78, 5) is 36.5. The first-order valence-corrected chi connectivity index (χ1v) is 11.2. The van der Waals surface area contributed by atoms with Crippen molar-refractivity contribution in [2.45, 2.75) is 50.3 Å². The first kappa shape index (κ1) is 22.8. The zero-order chi connectivity index (χ0) is 23.5. The van der Waals surface area contributed by atoms with Gasteiger partial charge in [0, 0.05) is 12.0 Å². The highest BCUT2D eigenvalue weighted by Crippen LogP contribution is 2.44. The fourth-order valence-electron chi connectivity index (χ4n) is 4.89. The van der Waals surface area contributed by atoms with E-state index in [2.05, 4.69) is 22.8 Å². The lowest BCUT2D eigenvalue weighted by Crippen LogP contribution is -2.52. The molecule has 2 aliphatic carbocycles. The van der Waals surface area contributed by atoms with Gasteiger partial charge in [0.1, 0.15) is 6.61 Å². The molecule has 8 nitrogen and oxygen atoms in total. The van der Waals surface area contributed by atoms with E-state index in [0.717, 1.165) is 28.7 Å². The average Bonchev–Trinajstić information content (AvgIpc) is 3.38. The highest BCUT2D eigenvalue weighted by atomic mass is 16.5. The van der Waals surface area contributed by atoms with Gasteiger partial charge >= 0.3 is 12.1 Å². The fraction of sp³-hybridized carbons (Fsp3) is 0.400. The number of hydrogen-bond donors (Lipinski definition) is 4. The van der Waals surface area contributed by atoms with E-state index in [1.165, 1.54) is 6.92 Å². The molecule has 2 aliphatic rings. The second kappa shape index (κ2) is 9.62. The van der Waals surface area contributed by atoms with E-state index >= 15 is 0 Å². The molecule has 8 heteroatoms. The number of alkyl carbamates (subject to hydrolysis) is 1. The summed E-state index contributed by atoms with van der Waals surface area (Å²) >= 11 is 0. The number of benzene rings is 2. The molecule has 0 bridgehead atoms. The molecule has 4 N–H and O–H groups in total. The number of ether oxygens (including phenoxy) is 1. The maximum absolute atomic E-state index is 12.6. The van der Waals surface area contributed by atoms with Crippen molar-refractivity contribution in [2.24, 2.45) is 5.92 Å². The van der Waals surface area contributed by atoms with Crippen molar-refractivity contribution in [3.05, 3.63) is 59.7 Å². The molecule has 0 heterocycles. The first-order valence-electron chi connectivity index (χ1n) is 11.2. The van der Waals surface area contributed by atoms with Gasteiger partial charge in [-0.1, -0.05) is 55.0 Å². The van der Waals surface area contributed by atoms with Gasteiger partial charge in [-0.2, -0.15) is 0 Å². The summed E-state index contributed by atoms with van der Waals surface area (Å²) in [5, 5.41) is 24.0. The van der Waals surface area contributed by atoms with Gasteiger partial charge < -0.3 is 25.6 Å². The normalized spacial score (nSPS) is 20.9. The molecule has 1 saturated carbocycles. The van der Waals surface area contributed by atoms with Gasteiger partial charge in [-0.3, -0.25) is 4.79 Å². The minimum Gasteiger partial charge on any atom is -0.480 e. The average molecular weight is 453 g/mol. The van der Waals surface area contributed by atoms with E-state index in [4.69, 9.17) is 4.74 Å². The first-order chi connectivity index (χ1) is 15.9. The summed E-state index contributed by atoms with van der Waals surface area (Å²) in [7, 11) is 0. The summed E-state index contributed by atoms with van der Waals surface area (Å²) in [6.45, 7) is 1.48. The van der Waals surface area contributed by atoms with Crippen LogP contribution in [0.2, 0.25) is 0 Å². The molecule has 0 unspecified atom stereocenters. The second-order valence-corrected chi connectivity index (χ2v) is 8.68. The number of aliphatic carboxylic acids is 1. The van der Waals surface area contributed by atoms with Crippen LogP contribution in [0.1, 0.15) is 43.2 Å². The standard InChI is InChI=1S/C25H28N2O6/c1-14(28)22(24(30)31)27-23(29)19-11-6-12-21(19)26-25(32)33-13-20-17-9-4-2-7-15(17)16-8-3-5-10-18(16)20/h2-5,7-10,14,19-22,28H,6,11-13H2,1H3,(H,26,32)(H,27,29)(H,30,31)/t14-,19-,21+,22+/m1/s1. The third-order valence-electron chi connectivity index (χ3n) is 6.55. The fourth-order valence-corrected chi connectivity index (χ4v) is 4.89. The monoisotopic (exact) mass is 452 g/mol. The number of carboxylic acids is 1. The maximum Gasteiger partial charge on any atom is 0.407 e. The van der Waals surface area contributed by atoms with Gasteiger partial charge in [0.2, 0.25) is 5.91 Å². The SMILES string of the molecule is C[C@@H](O)[C@H](NC(=O)[C@@H]1CCC[C@@H]1NC(=O)OCC1c2ccccc2-c2ccccc21)C(=O)O. The van der Waals surface area contributed by atoms with Crippen molar-refractivity contribution in [1.29, 1.82) is 0 Å². The van der Waals surface area contributed by atoms with Crippen molar-refractivity contribution in [3.63, 3.8) is 0 Å². The molecule has 2 aromatic carbocycles. The van der Waals surface area contributed by atoms with Crippen molar-refractivity contribution < 1.29 is 29.3 Å². The van der Waals surface area contributed by atoms with Crippen LogP contribution in [0.3, 0.4) is 0 Å². The zero-order valence-corrected chi connectivity index (χ0v) is 18.4. The van der Waals surface area contributed by atoms with E-state index in [-0.39, 0.29) is 12.5 Å². The van der Waals surface area contributed by atoms with Crippen LogP contribution in [0.4, 0.5) is 4.79 Å². The second-order valence-electron chi connectivity index (χ2n) is 8.68. The largest absolute Gasteiger partial charge is 0.480 e. The van der Waals surface area contributed by atoms with Crippen LogP contribution >= 0.6 is 0 Å². The molecule has 2 amide bonds. The number of fused-ring (bicyclic) bond motifs is 3. The van der Waals surface area contributed by atoms with Crippen LogP contribution < -0.4 is 10.6 Å². The number of nitrogens with one attached hydrogen (secondary N) is 2. The zero-order valence-electron chi connectivity index (χ0n) is 18.4. The summed E-state index contributed by atoms with van der Waals surface area (Å²) in [5.41, 5.74) is 4.51. The number of carbonyl (C=O) groups is 3. The Morgan fingerprint density at radius 1 is 1.03 bits per heavy atom. The molecule has 0 aliphatic heterocycles. The van der Waals surface area contributed by atoms with Gasteiger partial charge in [-0.05, 0) is 42.0 Å². The van der Waals surface area contributed by atoms with Crippen molar-refractivity contribution in [1.82, 2.24) is 10.6 Å². The number of aliphatic hydroxyl groups excluding tert-OH is 1. The van der Waals surface area contributed by atoms with Crippen LogP contribution in [0.25, 0.3) is 11.1 Å². The molecular weight excluding hydrogens is 424 g/mol. The summed E-state index contributed by atoms with van der Waals surface area (Å²) in [5.74, 6) is -2.44. The minimum atomic E-state index is -1.40. The van der Waals surface area contributed by atoms with E-state index in [1.807, 2.05) is 36.4 Å². The number of carboxylic acid groups (broad SMARTS) is 1. The van der Waals surface area contributed by atoms with E-state index in [0.29, 0.717) is 12.8 Å². The molecule has 1 fully saturated rings. The van der Waals surface area contributed by atoms with Gasteiger partial charge in [0.15, 0.2) is 6.04 Å². The van der Waals surface area contributed by atoms with Crippen molar-refractivity contribution >= 4 is 18.0 Å². The highest BCUT2D eigenvalue weighted by molar-refractivity contribution is 5.86. The third kappa shape index (κ3) is 4.71. The molecular formula is C25H28N2O6. The molecule has 174 valence electrons. The predicted octanol–water partition coefficient (Wildman–Crippen LogP) is 2.64. The lowest BCUT2D eigenvalue weighted by Gasteiger charge is -2.24.